The fourth-order valence-corrected chi connectivity index (χ4v) is 5.44. The van der Waals surface area contributed by atoms with E-state index in [1.165, 1.54) is 0 Å². The van der Waals surface area contributed by atoms with Gasteiger partial charge in [0.1, 0.15) is 12.4 Å². The van der Waals surface area contributed by atoms with Crippen molar-refractivity contribution in [2.45, 2.75) is 13.0 Å². The van der Waals surface area contributed by atoms with E-state index in [-0.39, 0.29) is 12.3 Å². The van der Waals surface area contributed by atoms with Crippen molar-refractivity contribution in [1.82, 2.24) is 5.43 Å². The second kappa shape index (κ2) is 11.8. The van der Waals surface area contributed by atoms with Crippen LogP contribution in [0.4, 0.5) is 0 Å². The quantitative estimate of drug-likeness (QED) is 0.158. The fourth-order valence-electron chi connectivity index (χ4n) is 2.59. The summed E-state index contributed by atoms with van der Waals surface area (Å²) in [6.45, 7) is 0.335. The molecule has 1 amide bonds. The summed E-state index contributed by atoms with van der Waals surface area (Å²) >= 11 is 20.0. The molecule has 4 nitrogen and oxygen atoms in total. The van der Waals surface area contributed by atoms with Crippen LogP contribution in [0.1, 0.15) is 16.7 Å². The van der Waals surface area contributed by atoms with Crippen molar-refractivity contribution in [3.63, 3.8) is 0 Å². The van der Waals surface area contributed by atoms with E-state index in [0.717, 1.165) is 34.1 Å². The van der Waals surface area contributed by atoms with Gasteiger partial charge in [-0.25, -0.2) is 5.43 Å². The minimum atomic E-state index is -0.178. The van der Waals surface area contributed by atoms with Crippen molar-refractivity contribution < 1.29 is 9.53 Å². The maximum absolute atomic E-state index is 12.1. The van der Waals surface area contributed by atoms with E-state index < -0.39 is 0 Å². The van der Waals surface area contributed by atoms with Gasteiger partial charge in [0.15, 0.2) is 0 Å². The van der Waals surface area contributed by atoms with Crippen molar-refractivity contribution in [3.8, 4) is 5.75 Å². The summed E-state index contributed by atoms with van der Waals surface area (Å²) in [6.07, 6.45) is 1.88. The topological polar surface area (TPSA) is 50.7 Å². The molecule has 3 aromatic carbocycles. The second-order valence-electron chi connectivity index (χ2n) is 6.43. The van der Waals surface area contributed by atoms with Crippen LogP contribution in [0.15, 0.2) is 64.2 Å². The molecular formula is C22H15BrCl2I2N2O2. The van der Waals surface area contributed by atoms with E-state index >= 15 is 0 Å². The molecule has 3 aromatic rings. The Labute approximate surface area is 226 Å². The lowest BCUT2D eigenvalue weighted by Crippen LogP contribution is -2.19. The molecule has 0 unspecified atom stereocenters. The van der Waals surface area contributed by atoms with Gasteiger partial charge >= 0.3 is 0 Å². The van der Waals surface area contributed by atoms with Gasteiger partial charge in [0, 0.05) is 20.1 Å². The minimum absolute atomic E-state index is 0.178. The number of rotatable bonds is 7. The predicted molar refractivity (Wildman–Crippen MR) is 146 cm³/mol. The highest BCUT2D eigenvalue weighted by atomic mass is 127. The highest BCUT2D eigenvalue weighted by Crippen LogP contribution is 2.30. The van der Waals surface area contributed by atoms with E-state index in [0.29, 0.717) is 16.7 Å². The standard InChI is InChI=1S/C22H15BrCl2I2N2O2/c23-16-4-1-13(2-5-16)9-21(30)29-28-11-14-7-19(26)22(20(27)8-14)31-12-15-3-6-17(24)10-18(15)25/h1-8,10-11H,9,12H2,(H,29,30)/b28-11+. The van der Waals surface area contributed by atoms with Gasteiger partial charge in [-0.15, -0.1) is 0 Å². The molecule has 1 N–H and O–H groups in total. The minimum Gasteiger partial charge on any atom is -0.487 e. The first kappa shape index (κ1) is 24.8. The monoisotopic (exact) mass is 742 g/mol. The first-order valence-corrected chi connectivity index (χ1v) is 12.6. The van der Waals surface area contributed by atoms with E-state index in [4.69, 9.17) is 27.9 Å². The number of halogens is 5. The SMILES string of the molecule is O=C(Cc1ccc(Br)cc1)N/N=C/c1cc(I)c(OCc2ccc(Cl)cc2Cl)c(I)c1. The third kappa shape index (κ3) is 7.59. The van der Waals surface area contributed by atoms with Crippen molar-refractivity contribution in [3.05, 3.63) is 92.9 Å². The molecule has 0 aliphatic rings. The molecule has 0 radical (unpaired) electrons. The van der Waals surface area contributed by atoms with Crippen molar-refractivity contribution in [2.75, 3.05) is 0 Å². The van der Waals surface area contributed by atoms with Crippen molar-refractivity contribution in [1.29, 1.82) is 0 Å². The van der Waals surface area contributed by atoms with Crippen LogP contribution >= 0.6 is 84.3 Å². The maximum Gasteiger partial charge on any atom is 0.244 e. The summed E-state index contributed by atoms with van der Waals surface area (Å²) in [5, 5.41) is 5.23. The van der Waals surface area contributed by atoms with Crippen molar-refractivity contribution >= 4 is 96.4 Å². The first-order valence-electron chi connectivity index (χ1n) is 8.94. The summed E-state index contributed by atoms with van der Waals surface area (Å²) in [4.78, 5) is 12.1. The molecule has 0 fully saturated rings. The van der Waals surface area contributed by atoms with Gasteiger partial charge in [-0.05, 0) is 92.7 Å². The molecule has 0 saturated heterocycles. The van der Waals surface area contributed by atoms with Crippen LogP contribution < -0.4 is 10.2 Å². The molecule has 160 valence electrons. The Morgan fingerprint density at radius 3 is 2.39 bits per heavy atom. The van der Waals surface area contributed by atoms with Crippen LogP contribution in [0.25, 0.3) is 0 Å². The summed E-state index contributed by atoms with van der Waals surface area (Å²) in [5.74, 6) is 0.589. The normalized spacial score (nSPS) is 11.0. The predicted octanol–water partition coefficient (Wildman–Crippen LogP) is 7.24. The number of amides is 1. The Kier molecular flexibility index (Phi) is 9.45. The highest BCUT2D eigenvalue weighted by molar-refractivity contribution is 14.1. The Morgan fingerprint density at radius 1 is 1.06 bits per heavy atom. The molecule has 3 rings (SSSR count). The summed E-state index contributed by atoms with van der Waals surface area (Å²) in [6, 6.07) is 16.8. The molecule has 31 heavy (non-hydrogen) atoms. The van der Waals surface area contributed by atoms with Crippen LogP contribution in [-0.2, 0) is 17.8 Å². The average molecular weight is 744 g/mol. The van der Waals surface area contributed by atoms with Crippen LogP contribution in [0.3, 0.4) is 0 Å². The number of hydrazone groups is 1. The highest BCUT2D eigenvalue weighted by Gasteiger charge is 2.10. The lowest BCUT2D eigenvalue weighted by molar-refractivity contribution is -0.120. The number of hydrogen-bond acceptors (Lipinski definition) is 3. The smallest absolute Gasteiger partial charge is 0.244 e. The maximum atomic E-state index is 12.1. The van der Waals surface area contributed by atoms with Gasteiger partial charge in [-0.2, -0.15) is 5.10 Å². The number of ether oxygens (including phenoxy) is 1. The lowest BCUT2D eigenvalue weighted by atomic mass is 10.1. The van der Waals surface area contributed by atoms with Crippen LogP contribution in [0, 0.1) is 7.14 Å². The molecule has 0 aliphatic carbocycles. The summed E-state index contributed by atoms with van der Waals surface area (Å²) < 4.78 is 8.82. The molecule has 0 bridgehead atoms. The molecule has 9 heteroatoms. The van der Waals surface area contributed by atoms with E-state index in [9.17, 15) is 4.79 Å². The molecule has 0 atom stereocenters. The zero-order valence-electron chi connectivity index (χ0n) is 15.8. The van der Waals surface area contributed by atoms with Crippen LogP contribution in [-0.4, -0.2) is 12.1 Å². The van der Waals surface area contributed by atoms with E-state index in [1.54, 1.807) is 18.3 Å². The summed E-state index contributed by atoms with van der Waals surface area (Å²) in [5.41, 5.74) is 5.20. The first-order chi connectivity index (χ1) is 14.8. The van der Waals surface area contributed by atoms with Gasteiger partial charge in [-0.1, -0.05) is 57.3 Å². The molecular weight excluding hydrogens is 729 g/mol. The molecule has 0 heterocycles. The Hall–Kier alpha value is -0.880. The largest absolute Gasteiger partial charge is 0.487 e. The van der Waals surface area contributed by atoms with E-state index in [1.807, 2.05) is 42.5 Å². The zero-order chi connectivity index (χ0) is 22.4. The number of benzene rings is 3. The van der Waals surface area contributed by atoms with Crippen LogP contribution in [0.5, 0.6) is 5.75 Å². The van der Waals surface area contributed by atoms with Crippen LogP contribution in [0.2, 0.25) is 10.0 Å². The molecule has 0 aliphatic heterocycles. The van der Waals surface area contributed by atoms with E-state index in [2.05, 4.69) is 71.6 Å². The zero-order valence-corrected chi connectivity index (χ0v) is 23.3. The summed E-state index contributed by atoms with van der Waals surface area (Å²) in [7, 11) is 0. The average Bonchev–Trinajstić information content (AvgIpc) is 2.70. The third-order valence-corrected chi connectivity index (χ3v) is 6.81. The van der Waals surface area contributed by atoms with Gasteiger partial charge in [0.05, 0.1) is 19.8 Å². The fraction of sp³-hybridized carbons (Fsp3) is 0.0909. The molecule has 0 aromatic heterocycles. The number of hydrogen-bond donors (Lipinski definition) is 1. The number of nitrogens with zero attached hydrogens (tertiary/aromatic N) is 1. The lowest BCUT2D eigenvalue weighted by Gasteiger charge is -2.12. The van der Waals surface area contributed by atoms with Gasteiger partial charge in [0.2, 0.25) is 5.91 Å². The Bertz CT molecular complexity index is 1100. The third-order valence-electron chi connectivity index (χ3n) is 4.09. The number of carbonyl (C=O) groups is 1. The number of carbonyl (C=O) groups excluding carboxylic acids is 1. The molecule has 0 saturated carbocycles. The Morgan fingerprint density at radius 2 is 1.74 bits per heavy atom. The Balaban J connectivity index is 1.60. The second-order valence-corrected chi connectivity index (χ2v) is 10.5. The van der Waals surface area contributed by atoms with Gasteiger partial charge in [0.25, 0.3) is 0 Å². The van der Waals surface area contributed by atoms with Crippen molar-refractivity contribution in [2.24, 2.45) is 5.10 Å². The molecule has 0 spiro atoms. The van der Waals surface area contributed by atoms with Gasteiger partial charge in [-0.3, -0.25) is 4.79 Å². The number of nitrogens with one attached hydrogen (secondary N) is 1. The van der Waals surface area contributed by atoms with Gasteiger partial charge < -0.3 is 4.74 Å².